The molecule has 9 nitrogen and oxygen atoms in total. The summed E-state index contributed by atoms with van der Waals surface area (Å²) in [7, 11) is 0. The first kappa shape index (κ1) is 16.8. The zero-order chi connectivity index (χ0) is 16.5. The molecule has 0 aliphatic carbocycles. The molecular formula is C13H15N5O4. The predicted octanol–water partition coefficient (Wildman–Crippen LogP) is -0.859. The number of nitrogens with zero attached hydrogens (tertiary/aromatic N) is 1. The Morgan fingerprint density at radius 3 is 2.64 bits per heavy atom. The van der Waals surface area contributed by atoms with E-state index in [4.69, 9.17) is 15.7 Å². The number of rotatable bonds is 5. The number of ether oxygens (including phenoxy) is 1. The van der Waals surface area contributed by atoms with Crippen LogP contribution < -0.4 is 26.6 Å². The Hall–Kier alpha value is -3.28. The SMILES string of the molecule is CC(NC(N)=O)C(=O)NNC(=O)COc1ccccc1C#N. The predicted molar refractivity (Wildman–Crippen MR) is 75.1 cm³/mol. The molecule has 5 N–H and O–H groups in total. The van der Waals surface area contributed by atoms with Crippen molar-refractivity contribution in [2.75, 3.05) is 6.61 Å². The molecule has 0 aromatic heterocycles. The van der Waals surface area contributed by atoms with E-state index in [0.29, 0.717) is 5.56 Å². The monoisotopic (exact) mass is 305 g/mol. The van der Waals surface area contributed by atoms with Gasteiger partial charge in [-0.3, -0.25) is 20.4 Å². The zero-order valence-corrected chi connectivity index (χ0v) is 11.8. The number of hydrogen-bond donors (Lipinski definition) is 4. The zero-order valence-electron chi connectivity index (χ0n) is 11.8. The molecule has 4 amide bonds. The molecule has 0 radical (unpaired) electrons. The van der Waals surface area contributed by atoms with Crippen molar-refractivity contribution in [3.8, 4) is 11.8 Å². The van der Waals surface area contributed by atoms with Gasteiger partial charge in [0.05, 0.1) is 5.56 Å². The van der Waals surface area contributed by atoms with Crippen molar-refractivity contribution in [2.24, 2.45) is 5.73 Å². The van der Waals surface area contributed by atoms with E-state index in [2.05, 4.69) is 16.2 Å². The molecule has 116 valence electrons. The molecule has 1 aromatic rings. The van der Waals surface area contributed by atoms with Gasteiger partial charge < -0.3 is 15.8 Å². The number of amides is 4. The number of para-hydroxylation sites is 1. The average molecular weight is 305 g/mol. The van der Waals surface area contributed by atoms with E-state index in [9.17, 15) is 14.4 Å². The van der Waals surface area contributed by atoms with Crippen LogP contribution in [0.2, 0.25) is 0 Å². The Bertz CT molecular complexity index is 611. The van der Waals surface area contributed by atoms with Gasteiger partial charge in [-0.25, -0.2) is 4.79 Å². The maximum absolute atomic E-state index is 11.5. The average Bonchev–Trinajstić information content (AvgIpc) is 2.50. The molecule has 0 saturated heterocycles. The first-order valence-corrected chi connectivity index (χ1v) is 6.20. The minimum absolute atomic E-state index is 0.259. The van der Waals surface area contributed by atoms with Crippen molar-refractivity contribution in [1.82, 2.24) is 16.2 Å². The van der Waals surface area contributed by atoms with E-state index in [1.54, 1.807) is 24.3 Å². The van der Waals surface area contributed by atoms with E-state index >= 15 is 0 Å². The van der Waals surface area contributed by atoms with Crippen LogP contribution in [0, 0.1) is 11.3 Å². The topological polar surface area (TPSA) is 146 Å². The van der Waals surface area contributed by atoms with Crippen LogP contribution in [0.3, 0.4) is 0 Å². The van der Waals surface area contributed by atoms with Gasteiger partial charge >= 0.3 is 6.03 Å². The van der Waals surface area contributed by atoms with Crippen LogP contribution in [0.1, 0.15) is 12.5 Å². The third-order valence-electron chi connectivity index (χ3n) is 2.44. The van der Waals surface area contributed by atoms with Gasteiger partial charge in [0.15, 0.2) is 6.61 Å². The Kier molecular flexibility index (Phi) is 6.18. The van der Waals surface area contributed by atoms with Gasteiger partial charge in [0.25, 0.3) is 11.8 Å². The van der Waals surface area contributed by atoms with Gasteiger partial charge in [0, 0.05) is 0 Å². The lowest BCUT2D eigenvalue weighted by Crippen LogP contribution is -2.52. The molecule has 1 aromatic carbocycles. The number of carbonyl (C=O) groups excluding carboxylic acids is 3. The Morgan fingerprint density at radius 2 is 2.00 bits per heavy atom. The first-order valence-electron chi connectivity index (χ1n) is 6.20. The smallest absolute Gasteiger partial charge is 0.312 e. The number of primary amides is 1. The number of hydrogen-bond acceptors (Lipinski definition) is 5. The summed E-state index contributed by atoms with van der Waals surface area (Å²) in [6.07, 6.45) is 0. The molecule has 9 heteroatoms. The largest absolute Gasteiger partial charge is 0.482 e. The quantitative estimate of drug-likeness (QED) is 0.523. The Balaban J connectivity index is 2.40. The highest BCUT2D eigenvalue weighted by Gasteiger charge is 2.14. The van der Waals surface area contributed by atoms with Crippen LogP contribution in [-0.4, -0.2) is 30.5 Å². The van der Waals surface area contributed by atoms with Gasteiger partial charge in [-0.1, -0.05) is 12.1 Å². The molecule has 0 fully saturated rings. The summed E-state index contributed by atoms with van der Waals surface area (Å²) >= 11 is 0. The molecule has 0 saturated carbocycles. The number of nitrogens with one attached hydrogen (secondary N) is 3. The van der Waals surface area contributed by atoms with Gasteiger partial charge in [-0.05, 0) is 19.1 Å². The Labute approximate surface area is 126 Å². The van der Waals surface area contributed by atoms with Crippen LogP contribution in [0.25, 0.3) is 0 Å². The summed E-state index contributed by atoms with van der Waals surface area (Å²) in [6.45, 7) is 1.00. The minimum Gasteiger partial charge on any atom is -0.482 e. The fraction of sp³-hybridized carbons (Fsp3) is 0.231. The van der Waals surface area contributed by atoms with Crippen LogP contribution in [0.4, 0.5) is 4.79 Å². The van der Waals surface area contributed by atoms with E-state index in [-0.39, 0.29) is 5.75 Å². The molecule has 0 aliphatic rings. The normalized spacial score (nSPS) is 10.7. The molecule has 0 heterocycles. The highest BCUT2D eigenvalue weighted by molar-refractivity contribution is 5.88. The molecule has 0 bridgehead atoms. The molecule has 22 heavy (non-hydrogen) atoms. The molecule has 1 unspecified atom stereocenters. The lowest BCUT2D eigenvalue weighted by molar-refractivity contribution is -0.130. The molecular weight excluding hydrogens is 290 g/mol. The van der Waals surface area contributed by atoms with Crippen LogP contribution >= 0.6 is 0 Å². The minimum atomic E-state index is -0.905. The molecule has 1 rings (SSSR count). The summed E-state index contributed by atoms with van der Waals surface area (Å²) in [5, 5.41) is 11.0. The maximum atomic E-state index is 11.5. The lowest BCUT2D eigenvalue weighted by atomic mass is 10.2. The Morgan fingerprint density at radius 1 is 1.32 bits per heavy atom. The van der Waals surface area contributed by atoms with Crippen molar-refractivity contribution in [3.05, 3.63) is 29.8 Å². The van der Waals surface area contributed by atoms with Gasteiger partial charge in [-0.15, -0.1) is 0 Å². The third-order valence-corrected chi connectivity index (χ3v) is 2.44. The summed E-state index contributed by atoms with van der Waals surface area (Å²) in [5.74, 6) is -1.02. The van der Waals surface area contributed by atoms with Crippen molar-refractivity contribution in [3.63, 3.8) is 0 Å². The van der Waals surface area contributed by atoms with Crippen molar-refractivity contribution >= 4 is 17.8 Å². The van der Waals surface area contributed by atoms with Crippen LogP contribution in [-0.2, 0) is 9.59 Å². The number of carbonyl (C=O) groups is 3. The number of nitrogens with two attached hydrogens (primary N) is 1. The summed E-state index contributed by atoms with van der Waals surface area (Å²) in [6, 6.07) is 6.58. The highest BCUT2D eigenvalue weighted by Crippen LogP contribution is 2.15. The number of urea groups is 1. The van der Waals surface area contributed by atoms with E-state index in [0.717, 1.165) is 0 Å². The first-order chi connectivity index (χ1) is 10.4. The molecule has 0 aliphatic heterocycles. The van der Waals surface area contributed by atoms with Crippen LogP contribution in [0.15, 0.2) is 24.3 Å². The molecule has 0 spiro atoms. The standard InChI is InChI=1S/C13H15N5O4/c1-8(16-13(15)21)12(20)18-17-11(19)7-22-10-5-3-2-4-9(10)6-14/h2-5,8H,7H2,1H3,(H,17,19)(H,18,20)(H3,15,16,21). The van der Waals surface area contributed by atoms with Gasteiger partial charge in [-0.2, -0.15) is 5.26 Å². The second kappa shape index (κ2) is 8.11. The fourth-order valence-electron chi connectivity index (χ4n) is 1.38. The summed E-state index contributed by atoms with van der Waals surface area (Å²) in [4.78, 5) is 33.6. The summed E-state index contributed by atoms with van der Waals surface area (Å²) < 4.78 is 5.17. The number of benzene rings is 1. The van der Waals surface area contributed by atoms with Gasteiger partial charge in [0.2, 0.25) is 0 Å². The van der Waals surface area contributed by atoms with Gasteiger partial charge in [0.1, 0.15) is 17.9 Å². The van der Waals surface area contributed by atoms with E-state index < -0.39 is 30.5 Å². The van der Waals surface area contributed by atoms with Crippen molar-refractivity contribution < 1.29 is 19.1 Å². The summed E-state index contributed by atoms with van der Waals surface area (Å²) in [5.41, 5.74) is 9.36. The third kappa shape index (κ3) is 5.38. The highest BCUT2D eigenvalue weighted by atomic mass is 16.5. The number of hydrazine groups is 1. The van der Waals surface area contributed by atoms with E-state index in [1.807, 2.05) is 6.07 Å². The fourth-order valence-corrected chi connectivity index (χ4v) is 1.38. The lowest BCUT2D eigenvalue weighted by Gasteiger charge is -2.13. The number of nitriles is 1. The second-order valence-corrected chi connectivity index (χ2v) is 4.16. The van der Waals surface area contributed by atoms with Crippen molar-refractivity contribution in [2.45, 2.75) is 13.0 Å². The van der Waals surface area contributed by atoms with E-state index in [1.165, 1.54) is 6.92 Å². The second-order valence-electron chi connectivity index (χ2n) is 4.16. The molecule has 1 atom stereocenters. The van der Waals surface area contributed by atoms with Crippen LogP contribution in [0.5, 0.6) is 5.75 Å². The van der Waals surface area contributed by atoms with Crippen molar-refractivity contribution in [1.29, 1.82) is 5.26 Å². The maximum Gasteiger partial charge on any atom is 0.312 e.